The number of amides is 1. The van der Waals surface area contributed by atoms with E-state index in [1.165, 1.54) is 17.8 Å². The highest BCUT2D eigenvalue weighted by atomic mass is 16.5. The number of nitrogens with zero attached hydrogens (tertiary/aromatic N) is 3. The molecule has 0 radical (unpaired) electrons. The van der Waals surface area contributed by atoms with Gasteiger partial charge in [0.1, 0.15) is 5.65 Å². The Balaban J connectivity index is 2.52. The first-order chi connectivity index (χ1) is 12.5. The fraction of sp³-hybridized carbons (Fsp3) is 0.579. The van der Waals surface area contributed by atoms with Crippen LogP contribution < -0.4 is 16.6 Å². The monoisotopic (exact) mass is 376 g/mol. The Morgan fingerprint density at radius 2 is 1.89 bits per heavy atom. The zero-order chi connectivity index (χ0) is 20.5. The zero-order valence-corrected chi connectivity index (χ0v) is 17.0. The summed E-state index contributed by atoms with van der Waals surface area (Å²) in [6.07, 6.45) is 1.73. The predicted molar refractivity (Wildman–Crippen MR) is 104 cm³/mol. The minimum atomic E-state index is -0.452. The van der Waals surface area contributed by atoms with Crippen LogP contribution >= 0.6 is 0 Å². The number of aromatic nitrogens is 3. The number of methoxy groups -OCH3 is 1. The lowest BCUT2D eigenvalue weighted by molar-refractivity contribution is 0.0176. The third-order valence-corrected chi connectivity index (χ3v) is 4.87. The molecule has 2 rings (SSSR count). The highest BCUT2D eigenvalue weighted by molar-refractivity contribution is 5.99. The lowest BCUT2D eigenvalue weighted by atomic mass is 9.89. The number of hydrogen-bond acceptors (Lipinski definition) is 5. The molecule has 0 spiro atoms. The minimum Gasteiger partial charge on any atom is -0.379 e. The Morgan fingerprint density at radius 3 is 2.41 bits per heavy atom. The normalized spacial score (nSPS) is 13.0. The second-order valence-corrected chi connectivity index (χ2v) is 7.71. The van der Waals surface area contributed by atoms with Crippen LogP contribution in [0.4, 0.5) is 0 Å². The number of nitrogens with one attached hydrogen (secondary N) is 1. The molecule has 2 heterocycles. The number of fused-ring (bicyclic) bond motifs is 1. The molecule has 1 amide bonds. The highest BCUT2D eigenvalue weighted by Gasteiger charge is 2.26. The molecule has 0 unspecified atom stereocenters. The first-order valence-electron chi connectivity index (χ1n) is 8.93. The van der Waals surface area contributed by atoms with Crippen LogP contribution in [-0.4, -0.2) is 39.8 Å². The molecule has 0 aliphatic carbocycles. The van der Waals surface area contributed by atoms with Crippen molar-refractivity contribution in [3.05, 3.63) is 38.2 Å². The molecule has 148 valence electrons. The summed E-state index contributed by atoms with van der Waals surface area (Å²) in [7, 11) is 4.59. The average molecular weight is 376 g/mol. The molecule has 1 N–H and O–H groups in total. The van der Waals surface area contributed by atoms with E-state index in [1.54, 1.807) is 14.2 Å². The number of rotatable bonds is 5. The molecule has 0 fully saturated rings. The molecule has 0 bridgehead atoms. The van der Waals surface area contributed by atoms with Crippen molar-refractivity contribution in [3.63, 3.8) is 0 Å². The van der Waals surface area contributed by atoms with E-state index in [4.69, 9.17) is 4.74 Å². The first-order valence-corrected chi connectivity index (χ1v) is 8.93. The molecule has 27 heavy (non-hydrogen) atoms. The standard InChI is InChI=1S/C19H28N4O4/c1-8-11-12(16(24)21-10-13(27-7)19(2,3)4)9-20-15-14(11)17(25)23(6)18(26)22(15)5/h9,13H,8,10H2,1-7H3,(H,21,24)/t13-/m0/s1. The van der Waals surface area contributed by atoms with Crippen molar-refractivity contribution in [1.82, 2.24) is 19.4 Å². The summed E-state index contributed by atoms with van der Waals surface area (Å²) in [4.78, 5) is 41.8. The van der Waals surface area contributed by atoms with Gasteiger partial charge >= 0.3 is 5.69 Å². The third-order valence-electron chi connectivity index (χ3n) is 4.87. The summed E-state index contributed by atoms with van der Waals surface area (Å²) in [5.41, 5.74) is 0.165. The molecule has 1 atom stereocenters. The number of aryl methyl sites for hydroxylation is 2. The maximum absolute atomic E-state index is 12.8. The summed E-state index contributed by atoms with van der Waals surface area (Å²) in [5.74, 6) is -0.316. The van der Waals surface area contributed by atoms with Crippen LogP contribution in [0.15, 0.2) is 15.8 Å². The Labute approximate surface area is 158 Å². The van der Waals surface area contributed by atoms with Gasteiger partial charge in [-0.25, -0.2) is 9.78 Å². The molecular weight excluding hydrogens is 348 g/mol. The van der Waals surface area contributed by atoms with Gasteiger partial charge in [-0.05, 0) is 17.4 Å². The van der Waals surface area contributed by atoms with Gasteiger partial charge in [-0.3, -0.25) is 18.7 Å². The van der Waals surface area contributed by atoms with E-state index in [0.29, 0.717) is 29.5 Å². The SMILES string of the molecule is CCc1c(C(=O)NC[C@H](OC)C(C)(C)C)cnc2c1c(=O)n(C)c(=O)n2C. The van der Waals surface area contributed by atoms with E-state index in [2.05, 4.69) is 10.3 Å². The van der Waals surface area contributed by atoms with E-state index in [-0.39, 0.29) is 23.1 Å². The maximum Gasteiger partial charge on any atom is 0.332 e. The van der Waals surface area contributed by atoms with Crippen molar-refractivity contribution in [2.75, 3.05) is 13.7 Å². The van der Waals surface area contributed by atoms with Crippen LogP contribution in [0.25, 0.3) is 11.0 Å². The number of carbonyl (C=O) groups is 1. The van der Waals surface area contributed by atoms with Gasteiger partial charge in [-0.2, -0.15) is 0 Å². The number of pyridine rings is 1. The van der Waals surface area contributed by atoms with Crippen LogP contribution in [0.2, 0.25) is 0 Å². The highest BCUT2D eigenvalue weighted by Crippen LogP contribution is 2.22. The van der Waals surface area contributed by atoms with E-state index >= 15 is 0 Å². The molecule has 8 nitrogen and oxygen atoms in total. The maximum atomic E-state index is 12.8. The van der Waals surface area contributed by atoms with Crippen molar-refractivity contribution in [2.45, 2.75) is 40.2 Å². The van der Waals surface area contributed by atoms with Gasteiger partial charge in [0.2, 0.25) is 0 Å². The topological polar surface area (TPSA) is 95.2 Å². The molecule has 0 aromatic carbocycles. The van der Waals surface area contributed by atoms with E-state index in [1.807, 2.05) is 27.7 Å². The van der Waals surface area contributed by atoms with Gasteiger partial charge < -0.3 is 10.1 Å². The van der Waals surface area contributed by atoms with Gasteiger partial charge in [0, 0.05) is 33.9 Å². The Morgan fingerprint density at radius 1 is 1.26 bits per heavy atom. The summed E-state index contributed by atoms with van der Waals surface area (Å²) >= 11 is 0. The van der Waals surface area contributed by atoms with Gasteiger partial charge in [0.15, 0.2) is 0 Å². The Bertz CT molecular complexity index is 982. The first kappa shape index (κ1) is 20.8. The number of hydrogen-bond donors (Lipinski definition) is 1. The molecule has 0 aliphatic rings. The van der Waals surface area contributed by atoms with Crippen LogP contribution in [0.3, 0.4) is 0 Å². The van der Waals surface area contributed by atoms with Crippen LogP contribution in [-0.2, 0) is 25.3 Å². The lowest BCUT2D eigenvalue weighted by Gasteiger charge is -2.29. The van der Waals surface area contributed by atoms with Crippen LogP contribution in [0, 0.1) is 5.41 Å². The van der Waals surface area contributed by atoms with Gasteiger partial charge in [0.25, 0.3) is 11.5 Å². The van der Waals surface area contributed by atoms with E-state index in [9.17, 15) is 14.4 Å². The van der Waals surface area contributed by atoms with Crippen LogP contribution in [0.1, 0.15) is 43.6 Å². The number of carbonyl (C=O) groups excluding carboxylic acids is 1. The fourth-order valence-electron chi connectivity index (χ4n) is 3.17. The molecule has 0 saturated carbocycles. The Kier molecular flexibility index (Phi) is 5.89. The second-order valence-electron chi connectivity index (χ2n) is 7.71. The largest absolute Gasteiger partial charge is 0.379 e. The average Bonchev–Trinajstić information content (AvgIpc) is 2.62. The fourth-order valence-corrected chi connectivity index (χ4v) is 3.17. The quantitative estimate of drug-likeness (QED) is 0.839. The van der Waals surface area contributed by atoms with Crippen molar-refractivity contribution in [3.8, 4) is 0 Å². The van der Waals surface area contributed by atoms with Crippen LogP contribution in [0.5, 0.6) is 0 Å². The summed E-state index contributed by atoms with van der Waals surface area (Å²) in [6, 6.07) is 0. The van der Waals surface area contributed by atoms with E-state index < -0.39 is 11.2 Å². The smallest absolute Gasteiger partial charge is 0.332 e. The molecule has 2 aromatic rings. The predicted octanol–water partition coefficient (Wildman–Crippen LogP) is 0.986. The second kappa shape index (κ2) is 7.64. The van der Waals surface area contributed by atoms with Crippen molar-refractivity contribution < 1.29 is 9.53 Å². The summed E-state index contributed by atoms with van der Waals surface area (Å²) in [6.45, 7) is 8.31. The molecule has 2 aromatic heterocycles. The third kappa shape index (κ3) is 3.80. The summed E-state index contributed by atoms with van der Waals surface area (Å²) < 4.78 is 7.82. The van der Waals surface area contributed by atoms with Crippen molar-refractivity contribution >= 4 is 16.9 Å². The summed E-state index contributed by atoms with van der Waals surface area (Å²) in [5, 5.41) is 3.17. The molecule has 8 heteroatoms. The molecule has 0 aliphatic heterocycles. The Hall–Kier alpha value is -2.48. The lowest BCUT2D eigenvalue weighted by Crippen LogP contribution is -2.41. The number of ether oxygens (including phenoxy) is 1. The van der Waals surface area contributed by atoms with E-state index in [0.717, 1.165) is 4.57 Å². The van der Waals surface area contributed by atoms with Crippen molar-refractivity contribution in [2.24, 2.45) is 19.5 Å². The molecular formula is C19H28N4O4. The van der Waals surface area contributed by atoms with Gasteiger partial charge in [0.05, 0.1) is 17.1 Å². The van der Waals surface area contributed by atoms with Gasteiger partial charge in [-0.15, -0.1) is 0 Å². The van der Waals surface area contributed by atoms with Crippen molar-refractivity contribution in [1.29, 1.82) is 0 Å². The molecule has 0 saturated heterocycles. The zero-order valence-electron chi connectivity index (χ0n) is 17.0. The van der Waals surface area contributed by atoms with Gasteiger partial charge in [-0.1, -0.05) is 27.7 Å². The minimum absolute atomic E-state index is 0.133.